The van der Waals surface area contributed by atoms with Gasteiger partial charge in [0.05, 0.1) is 19.3 Å². The molecule has 0 radical (unpaired) electrons. The molecule has 2 N–H and O–H groups in total. The maximum Gasteiger partial charge on any atom is 0.253 e. The number of anilines is 1. The van der Waals surface area contributed by atoms with Gasteiger partial charge in [0, 0.05) is 42.0 Å². The van der Waals surface area contributed by atoms with Crippen LogP contribution >= 0.6 is 0 Å². The molecule has 0 aliphatic carbocycles. The van der Waals surface area contributed by atoms with Crippen molar-refractivity contribution in [2.75, 3.05) is 32.1 Å². The van der Waals surface area contributed by atoms with E-state index < -0.39 is 0 Å². The smallest absolute Gasteiger partial charge is 0.253 e. The number of ether oxygens (including phenoxy) is 1. The Morgan fingerprint density at radius 3 is 2.50 bits per heavy atom. The number of nitrogens with one attached hydrogen (secondary N) is 2. The Bertz CT molecular complexity index is 1340. The Morgan fingerprint density at radius 2 is 1.74 bits per heavy atom. The molecule has 1 aromatic heterocycles. The van der Waals surface area contributed by atoms with Crippen molar-refractivity contribution in [1.29, 1.82) is 0 Å². The van der Waals surface area contributed by atoms with Crippen molar-refractivity contribution in [3.05, 3.63) is 71.8 Å². The van der Waals surface area contributed by atoms with E-state index in [-0.39, 0.29) is 18.4 Å². The number of amides is 2. The summed E-state index contributed by atoms with van der Waals surface area (Å²) in [7, 11) is 1.60. The van der Waals surface area contributed by atoms with Gasteiger partial charge in [-0.25, -0.2) is 0 Å². The molecule has 3 aromatic carbocycles. The summed E-state index contributed by atoms with van der Waals surface area (Å²) in [6.45, 7) is 2.14. The number of rotatable bonds is 7. The highest BCUT2D eigenvalue weighted by Gasteiger charge is 2.19. The van der Waals surface area contributed by atoms with E-state index in [9.17, 15) is 9.59 Å². The number of nitrogens with zero attached hydrogens (tertiary/aromatic N) is 1. The first kappa shape index (κ1) is 21.8. The van der Waals surface area contributed by atoms with E-state index in [1.165, 1.54) is 0 Å². The Hall–Kier alpha value is -4.00. The zero-order valence-electron chi connectivity index (χ0n) is 19.1. The summed E-state index contributed by atoms with van der Waals surface area (Å²) in [6, 6.07) is 19.0. The molecule has 4 aromatic rings. The van der Waals surface area contributed by atoms with E-state index in [0.29, 0.717) is 23.5 Å². The fourth-order valence-corrected chi connectivity index (χ4v) is 4.37. The Kier molecular flexibility index (Phi) is 6.08. The lowest BCUT2D eigenvalue weighted by Crippen LogP contribution is -2.29. The number of hydrogen-bond donors (Lipinski definition) is 2. The first-order valence-corrected chi connectivity index (χ1v) is 11.5. The third-order valence-corrected chi connectivity index (χ3v) is 6.22. The molecule has 2 heterocycles. The number of benzene rings is 3. The van der Waals surface area contributed by atoms with Gasteiger partial charge in [0.15, 0.2) is 0 Å². The highest BCUT2D eigenvalue weighted by Crippen LogP contribution is 2.36. The molecule has 0 atom stereocenters. The van der Waals surface area contributed by atoms with Crippen molar-refractivity contribution in [2.45, 2.75) is 19.4 Å². The van der Waals surface area contributed by atoms with Crippen LogP contribution < -0.4 is 15.4 Å². The van der Waals surface area contributed by atoms with Gasteiger partial charge in [-0.15, -0.1) is 0 Å². The van der Waals surface area contributed by atoms with Crippen LogP contribution in [-0.4, -0.2) is 43.5 Å². The molecule has 5 rings (SSSR count). The number of fused-ring (bicyclic) bond motifs is 3. The summed E-state index contributed by atoms with van der Waals surface area (Å²) in [4.78, 5) is 26.8. The molecule has 34 heavy (non-hydrogen) atoms. The topological polar surface area (TPSA) is 83.8 Å². The molecular weight excluding hydrogens is 430 g/mol. The quantitative estimate of drug-likeness (QED) is 0.425. The normalized spacial score (nSPS) is 13.4. The lowest BCUT2D eigenvalue weighted by atomic mass is 10.1. The maximum absolute atomic E-state index is 12.5. The second kappa shape index (κ2) is 9.47. The first-order chi connectivity index (χ1) is 16.6. The Balaban J connectivity index is 1.19. The minimum Gasteiger partial charge on any atom is -0.495 e. The zero-order valence-corrected chi connectivity index (χ0v) is 19.1. The van der Waals surface area contributed by atoms with Gasteiger partial charge < -0.3 is 24.7 Å². The summed E-state index contributed by atoms with van der Waals surface area (Å²) < 4.78 is 11.5. The molecular formula is C27H27N3O4. The minimum absolute atomic E-state index is 0.0765. The molecule has 0 spiro atoms. The number of likely N-dealkylation sites (tertiary alicyclic amines) is 1. The second-order valence-electron chi connectivity index (χ2n) is 8.47. The van der Waals surface area contributed by atoms with Crippen LogP contribution in [0.15, 0.2) is 65.1 Å². The molecule has 174 valence electrons. The lowest BCUT2D eigenvalue weighted by molar-refractivity contribution is -0.119. The van der Waals surface area contributed by atoms with E-state index in [4.69, 9.17) is 9.15 Å². The number of para-hydroxylation sites is 1. The molecule has 1 aliphatic rings. The van der Waals surface area contributed by atoms with Crippen molar-refractivity contribution in [3.8, 4) is 5.75 Å². The zero-order chi connectivity index (χ0) is 23.5. The summed E-state index contributed by atoms with van der Waals surface area (Å²) in [5.74, 6) is 0.571. The fraction of sp³-hybridized carbons (Fsp3) is 0.259. The van der Waals surface area contributed by atoms with Crippen LogP contribution in [-0.2, 0) is 11.3 Å². The van der Waals surface area contributed by atoms with Crippen LogP contribution in [0.3, 0.4) is 0 Å². The molecule has 2 amide bonds. The Morgan fingerprint density at radius 1 is 0.971 bits per heavy atom. The van der Waals surface area contributed by atoms with E-state index in [2.05, 4.69) is 10.6 Å². The van der Waals surface area contributed by atoms with E-state index in [1.54, 1.807) is 7.11 Å². The molecule has 0 bridgehead atoms. The van der Waals surface area contributed by atoms with Gasteiger partial charge in [0.25, 0.3) is 5.91 Å². The fourth-order valence-electron chi connectivity index (χ4n) is 4.37. The monoisotopic (exact) mass is 457 g/mol. The number of carbonyl (C=O) groups is 2. The number of hydrogen-bond acceptors (Lipinski definition) is 5. The Labute approximate surface area is 197 Å². The molecule has 1 saturated heterocycles. The minimum atomic E-state index is -0.149. The van der Waals surface area contributed by atoms with Crippen LogP contribution in [0.1, 0.15) is 28.8 Å². The second-order valence-corrected chi connectivity index (χ2v) is 8.47. The van der Waals surface area contributed by atoms with Gasteiger partial charge in [0.2, 0.25) is 5.91 Å². The predicted octanol–water partition coefficient (Wildman–Crippen LogP) is 4.56. The van der Waals surface area contributed by atoms with Crippen LogP contribution in [0, 0.1) is 0 Å². The molecule has 1 fully saturated rings. The van der Waals surface area contributed by atoms with Crippen LogP contribution in [0.25, 0.3) is 21.9 Å². The van der Waals surface area contributed by atoms with Crippen LogP contribution in [0.4, 0.5) is 5.69 Å². The van der Waals surface area contributed by atoms with Gasteiger partial charge in [-0.3, -0.25) is 9.59 Å². The van der Waals surface area contributed by atoms with E-state index in [1.807, 2.05) is 65.6 Å². The maximum atomic E-state index is 12.5. The standard InChI is InChI=1S/C27H27N3O4/c1-33-25-14-21-20-6-2-3-7-23(20)34-24(21)15-22(25)28-17-26(31)29-16-18-8-10-19(11-9-18)27(32)30-12-4-5-13-30/h2-3,6-11,14-15,28H,4-5,12-13,16-17H2,1H3,(H,29,31). The van der Waals surface area contributed by atoms with Crippen molar-refractivity contribution in [3.63, 3.8) is 0 Å². The van der Waals surface area contributed by atoms with Crippen molar-refractivity contribution >= 4 is 39.4 Å². The lowest BCUT2D eigenvalue weighted by Gasteiger charge is -2.15. The van der Waals surface area contributed by atoms with E-state index in [0.717, 1.165) is 53.4 Å². The molecule has 0 saturated carbocycles. The third-order valence-electron chi connectivity index (χ3n) is 6.22. The van der Waals surface area contributed by atoms with Crippen molar-refractivity contribution in [2.24, 2.45) is 0 Å². The molecule has 7 nitrogen and oxygen atoms in total. The highest BCUT2D eigenvalue weighted by molar-refractivity contribution is 6.06. The highest BCUT2D eigenvalue weighted by atomic mass is 16.5. The van der Waals surface area contributed by atoms with Gasteiger partial charge in [-0.2, -0.15) is 0 Å². The average molecular weight is 458 g/mol. The SMILES string of the molecule is COc1cc2c(cc1NCC(=O)NCc1ccc(C(=O)N3CCCC3)cc1)oc1ccccc12. The summed E-state index contributed by atoms with van der Waals surface area (Å²) in [5, 5.41) is 8.04. The van der Waals surface area contributed by atoms with Crippen molar-refractivity contribution < 1.29 is 18.7 Å². The average Bonchev–Trinajstić information content (AvgIpc) is 3.53. The third kappa shape index (κ3) is 4.41. The van der Waals surface area contributed by atoms with Gasteiger partial charge in [-0.1, -0.05) is 30.3 Å². The molecule has 7 heteroatoms. The van der Waals surface area contributed by atoms with Gasteiger partial charge in [0.1, 0.15) is 16.9 Å². The van der Waals surface area contributed by atoms with Gasteiger partial charge in [-0.05, 0) is 42.7 Å². The van der Waals surface area contributed by atoms with Gasteiger partial charge >= 0.3 is 0 Å². The molecule has 1 aliphatic heterocycles. The summed E-state index contributed by atoms with van der Waals surface area (Å²) in [5.41, 5.74) is 3.85. The van der Waals surface area contributed by atoms with Crippen LogP contribution in [0.2, 0.25) is 0 Å². The largest absolute Gasteiger partial charge is 0.495 e. The predicted molar refractivity (Wildman–Crippen MR) is 132 cm³/mol. The van der Waals surface area contributed by atoms with Crippen LogP contribution in [0.5, 0.6) is 5.75 Å². The summed E-state index contributed by atoms with van der Waals surface area (Å²) >= 11 is 0. The molecule has 0 unspecified atom stereocenters. The number of methoxy groups -OCH3 is 1. The number of furan rings is 1. The van der Waals surface area contributed by atoms with E-state index >= 15 is 0 Å². The van der Waals surface area contributed by atoms with Crippen molar-refractivity contribution in [1.82, 2.24) is 10.2 Å². The summed E-state index contributed by atoms with van der Waals surface area (Å²) in [6.07, 6.45) is 2.14. The number of carbonyl (C=O) groups excluding carboxylic acids is 2. The first-order valence-electron chi connectivity index (χ1n) is 11.5.